The zero-order chi connectivity index (χ0) is 17.7. The maximum atomic E-state index is 4.93. The van der Waals surface area contributed by atoms with E-state index in [0.29, 0.717) is 0 Å². The number of fused-ring (bicyclic) bond motifs is 2. The molecule has 0 unspecified atom stereocenters. The molecule has 5 rings (SSSR count). The van der Waals surface area contributed by atoms with Crippen LogP contribution < -0.4 is 9.80 Å². The molecule has 7 heteroatoms. The first kappa shape index (κ1) is 15.6. The van der Waals surface area contributed by atoms with Gasteiger partial charge in [0.2, 0.25) is 0 Å². The summed E-state index contributed by atoms with van der Waals surface area (Å²) in [5.41, 5.74) is 4.63. The number of aromatic nitrogens is 4. The summed E-state index contributed by atoms with van der Waals surface area (Å²) in [5.74, 6) is 1.01. The number of anilines is 2. The normalized spacial score (nSPS) is 15.3. The summed E-state index contributed by atoms with van der Waals surface area (Å²) >= 11 is 1.80. The Morgan fingerprint density at radius 1 is 0.962 bits per heavy atom. The fourth-order valence-corrected chi connectivity index (χ4v) is 4.53. The van der Waals surface area contributed by atoms with Crippen LogP contribution in [0.3, 0.4) is 0 Å². The van der Waals surface area contributed by atoms with Crippen LogP contribution in [0.1, 0.15) is 11.1 Å². The average Bonchev–Trinajstić information content (AvgIpc) is 3.31. The Morgan fingerprint density at radius 2 is 1.77 bits per heavy atom. The van der Waals surface area contributed by atoms with Crippen LogP contribution in [-0.4, -0.2) is 45.8 Å². The molecule has 4 aromatic rings. The van der Waals surface area contributed by atoms with Gasteiger partial charge in [-0.25, -0.2) is 14.5 Å². The second-order valence-electron chi connectivity index (χ2n) is 6.75. The Labute approximate surface area is 155 Å². The van der Waals surface area contributed by atoms with Gasteiger partial charge in [-0.2, -0.15) is 0 Å². The number of hydrogen-bond donors (Lipinski definition) is 0. The number of imidazole rings is 1. The number of hydrogen-bond acceptors (Lipinski definition) is 6. The minimum absolute atomic E-state index is 0.882. The highest BCUT2D eigenvalue weighted by Crippen LogP contribution is 2.32. The highest BCUT2D eigenvalue weighted by molar-refractivity contribution is 7.22. The van der Waals surface area contributed by atoms with Crippen molar-refractivity contribution in [2.75, 3.05) is 36.0 Å². The minimum atomic E-state index is 0.882. The van der Waals surface area contributed by atoms with Gasteiger partial charge >= 0.3 is 0 Å². The van der Waals surface area contributed by atoms with E-state index in [1.54, 1.807) is 17.5 Å². The van der Waals surface area contributed by atoms with E-state index in [2.05, 4.69) is 51.9 Å². The van der Waals surface area contributed by atoms with Crippen LogP contribution in [0.15, 0.2) is 36.7 Å². The van der Waals surface area contributed by atoms with Crippen LogP contribution >= 0.6 is 11.3 Å². The fraction of sp³-hybridized carbons (Fsp3) is 0.316. The Hall–Kier alpha value is -2.67. The molecule has 0 amide bonds. The third kappa shape index (κ3) is 2.50. The lowest BCUT2D eigenvalue weighted by molar-refractivity contribution is 0.641. The predicted octanol–water partition coefficient (Wildman–Crippen LogP) is 3.28. The second kappa shape index (κ2) is 5.95. The van der Waals surface area contributed by atoms with Crippen molar-refractivity contribution in [2.45, 2.75) is 13.8 Å². The molecule has 1 fully saturated rings. The van der Waals surface area contributed by atoms with Crippen molar-refractivity contribution < 1.29 is 0 Å². The summed E-state index contributed by atoms with van der Waals surface area (Å²) < 4.78 is 3.11. The largest absolute Gasteiger partial charge is 0.352 e. The highest BCUT2D eigenvalue weighted by atomic mass is 32.1. The van der Waals surface area contributed by atoms with Crippen molar-refractivity contribution in [1.29, 1.82) is 0 Å². The lowest BCUT2D eigenvalue weighted by Gasteiger charge is -2.35. The first-order valence-electron chi connectivity index (χ1n) is 8.86. The topological polar surface area (TPSA) is 49.6 Å². The second-order valence-corrected chi connectivity index (χ2v) is 7.76. The maximum Gasteiger partial charge on any atom is 0.186 e. The number of piperazine rings is 1. The van der Waals surface area contributed by atoms with Gasteiger partial charge in [0.15, 0.2) is 10.8 Å². The van der Waals surface area contributed by atoms with Crippen LogP contribution in [0.4, 0.5) is 10.9 Å². The number of rotatable bonds is 2. The SMILES string of the molecule is Cc1ccc2sc(N3CCN(c4ccc5nccn5n4)CC3)nc2c1C. The summed E-state index contributed by atoms with van der Waals surface area (Å²) in [6.45, 7) is 8.12. The molecule has 1 aromatic carbocycles. The van der Waals surface area contributed by atoms with E-state index in [0.717, 1.165) is 48.3 Å². The van der Waals surface area contributed by atoms with E-state index in [1.165, 1.54) is 15.8 Å². The Morgan fingerprint density at radius 3 is 2.62 bits per heavy atom. The van der Waals surface area contributed by atoms with Gasteiger partial charge in [0, 0.05) is 38.6 Å². The van der Waals surface area contributed by atoms with E-state index < -0.39 is 0 Å². The zero-order valence-electron chi connectivity index (χ0n) is 14.9. The Bertz CT molecular complexity index is 1090. The minimum Gasteiger partial charge on any atom is -0.352 e. The van der Waals surface area contributed by atoms with E-state index in [4.69, 9.17) is 4.98 Å². The van der Waals surface area contributed by atoms with Gasteiger partial charge in [-0.3, -0.25) is 0 Å². The quantitative estimate of drug-likeness (QED) is 0.546. The third-order valence-electron chi connectivity index (χ3n) is 5.19. The summed E-state index contributed by atoms with van der Waals surface area (Å²) in [4.78, 5) is 13.9. The van der Waals surface area contributed by atoms with E-state index in [-0.39, 0.29) is 0 Å². The van der Waals surface area contributed by atoms with Gasteiger partial charge in [-0.05, 0) is 43.2 Å². The molecule has 1 aliphatic heterocycles. The van der Waals surface area contributed by atoms with Gasteiger partial charge in [-0.1, -0.05) is 17.4 Å². The molecular weight excluding hydrogens is 344 g/mol. The molecule has 1 saturated heterocycles. The van der Waals surface area contributed by atoms with Gasteiger partial charge < -0.3 is 9.80 Å². The molecule has 0 spiro atoms. The molecule has 3 aromatic heterocycles. The Balaban J connectivity index is 1.36. The van der Waals surface area contributed by atoms with Crippen LogP contribution in [0, 0.1) is 13.8 Å². The van der Waals surface area contributed by atoms with Crippen LogP contribution in [0.25, 0.3) is 15.9 Å². The van der Waals surface area contributed by atoms with E-state index in [1.807, 2.05) is 16.8 Å². The Kier molecular flexibility index (Phi) is 3.56. The van der Waals surface area contributed by atoms with Crippen LogP contribution in [-0.2, 0) is 0 Å². The van der Waals surface area contributed by atoms with Crippen molar-refractivity contribution in [3.8, 4) is 0 Å². The molecular formula is C19H20N6S. The molecule has 4 heterocycles. The molecule has 1 aliphatic rings. The van der Waals surface area contributed by atoms with Crippen molar-refractivity contribution in [2.24, 2.45) is 0 Å². The molecule has 0 atom stereocenters. The zero-order valence-corrected chi connectivity index (χ0v) is 15.7. The molecule has 0 bridgehead atoms. The lowest BCUT2D eigenvalue weighted by atomic mass is 10.1. The molecule has 26 heavy (non-hydrogen) atoms. The highest BCUT2D eigenvalue weighted by Gasteiger charge is 2.21. The van der Waals surface area contributed by atoms with Gasteiger partial charge in [-0.15, -0.1) is 5.10 Å². The van der Waals surface area contributed by atoms with Gasteiger partial charge in [0.1, 0.15) is 5.82 Å². The smallest absolute Gasteiger partial charge is 0.186 e. The molecule has 0 radical (unpaired) electrons. The summed E-state index contributed by atoms with van der Waals surface area (Å²) in [5, 5.41) is 5.79. The predicted molar refractivity (Wildman–Crippen MR) is 107 cm³/mol. The van der Waals surface area contributed by atoms with Gasteiger partial charge in [0.25, 0.3) is 0 Å². The third-order valence-corrected chi connectivity index (χ3v) is 6.27. The van der Waals surface area contributed by atoms with Crippen molar-refractivity contribution in [3.63, 3.8) is 0 Å². The summed E-state index contributed by atoms with van der Waals surface area (Å²) in [7, 11) is 0. The molecule has 0 aliphatic carbocycles. The number of nitrogens with zero attached hydrogens (tertiary/aromatic N) is 6. The number of benzene rings is 1. The summed E-state index contributed by atoms with van der Waals surface area (Å²) in [6, 6.07) is 8.46. The van der Waals surface area contributed by atoms with Crippen LogP contribution in [0.5, 0.6) is 0 Å². The van der Waals surface area contributed by atoms with E-state index in [9.17, 15) is 0 Å². The number of thiazole rings is 1. The molecule has 0 N–H and O–H groups in total. The first-order chi connectivity index (χ1) is 12.7. The van der Waals surface area contributed by atoms with Crippen molar-refractivity contribution in [1.82, 2.24) is 19.6 Å². The van der Waals surface area contributed by atoms with Crippen molar-refractivity contribution >= 4 is 38.2 Å². The number of aryl methyl sites for hydroxylation is 2. The van der Waals surface area contributed by atoms with E-state index >= 15 is 0 Å². The van der Waals surface area contributed by atoms with Gasteiger partial charge in [0.05, 0.1) is 10.2 Å². The molecule has 6 nitrogen and oxygen atoms in total. The first-order valence-corrected chi connectivity index (χ1v) is 9.68. The fourth-order valence-electron chi connectivity index (χ4n) is 3.45. The average molecular weight is 364 g/mol. The summed E-state index contributed by atoms with van der Waals surface area (Å²) in [6.07, 6.45) is 3.67. The maximum absolute atomic E-state index is 4.93. The standard InChI is InChI=1S/C19H20N6S/c1-13-3-4-15-18(14(13)2)21-19(26-15)24-11-9-23(10-12-24)17-6-5-16-20-7-8-25(16)22-17/h3-8H,9-12H2,1-2H3. The van der Waals surface area contributed by atoms with Crippen molar-refractivity contribution in [3.05, 3.63) is 47.8 Å². The molecule has 0 saturated carbocycles. The lowest BCUT2D eigenvalue weighted by Crippen LogP contribution is -2.46. The van der Waals surface area contributed by atoms with Crippen LogP contribution in [0.2, 0.25) is 0 Å². The monoisotopic (exact) mass is 364 g/mol. The molecule has 132 valence electrons.